The SMILES string of the molecule is NC(=O)CCO[Si]. The minimum Gasteiger partial charge on any atom is -0.418 e. The van der Waals surface area contributed by atoms with Gasteiger partial charge in [-0.1, -0.05) is 0 Å². The van der Waals surface area contributed by atoms with Gasteiger partial charge < -0.3 is 10.2 Å². The molecule has 7 heavy (non-hydrogen) atoms. The maximum absolute atomic E-state index is 9.88. The van der Waals surface area contributed by atoms with E-state index in [0.29, 0.717) is 6.61 Å². The molecule has 1 amide bonds. The molecule has 0 rings (SSSR count). The Morgan fingerprint density at radius 3 is 2.57 bits per heavy atom. The monoisotopic (exact) mass is 116 g/mol. The zero-order chi connectivity index (χ0) is 5.70. The van der Waals surface area contributed by atoms with Crippen LogP contribution in [0.15, 0.2) is 0 Å². The first-order valence-electron chi connectivity index (χ1n) is 1.84. The summed E-state index contributed by atoms with van der Waals surface area (Å²) in [5, 5.41) is 0. The van der Waals surface area contributed by atoms with Gasteiger partial charge in [-0.25, -0.2) is 0 Å². The highest BCUT2D eigenvalue weighted by Crippen LogP contribution is 1.73. The van der Waals surface area contributed by atoms with Gasteiger partial charge in [-0.3, -0.25) is 4.79 Å². The molecular formula is C3H6NO2Si. The second-order valence-electron chi connectivity index (χ2n) is 1.06. The molecule has 0 aromatic carbocycles. The third-order valence-corrected chi connectivity index (χ3v) is 0.655. The average Bonchev–Trinajstić information content (AvgIpc) is 1.61. The van der Waals surface area contributed by atoms with Gasteiger partial charge in [-0.05, 0) is 0 Å². The number of hydrogen-bond donors (Lipinski definition) is 1. The van der Waals surface area contributed by atoms with Crippen molar-refractivity contribution in [3.05, 3.63) is 0 Å². The van der Waals surface area contributed by atoms with E-state index in [2.05, 4.69) is 14.9 Å². The van der Waals surface area contributed by atoms with Gasteiger partial charge in [0.1, 0.15) is 0 Å². The molecule has 2 N–H and O–H groups in total. The first-order chi connectivity index (χ1) is 3.27. The average molecular weight is 116 g/mol. The number of carbonyl (C=O) groups is 1. The van der Waals surface area contributed by atoms with Crippen molar-refractivity contribution in [3.8, 4) is 0 Å². The predicted molar refractivity (Wildman–Crippen MR) is 25.5 cm³/mol. The summed E-state index contributed by atoms with van der Waals surface area (Å²) in [4.78, 5) is 9.88. The van der Waals surface area contributed by atoms with Crippen LogP contribution in [-0.4, -0.2) is 23.0 Å². The maximum Gasteiger partial charge on any atom is 0.246 e. The lowest BCUT2D eigenvalue weighted by atomic mass is 10.4. The maximum atomic E-state index is 9.88. The first kappa shape index (κ1) is 6.65. The van der Waals surface area contributed by atoms with Crippen molar-refractivity contribution < 1.29 is 9.22 Å². The molecule has 0 aliphatic rings. The van der Waals surface area contributed by atoms with Gasteiger partial charge in [0.05, 0.1) is 0 Å². The van der Waals surface area contributed by atoms with Gasteiger partial charge in [-0.15, -0.1) is 0 Å². The standard InChI is InChI=1S/C3H6NO2Si/c4-3(5)1-2-6-7/h1-2H2,(H2,4,5). The van der Waals surface area contributed by atoms with Crippen LogP contribution < -0.4 is 5.73 Å². The van der Waals surface area contributed by atoms with Gasteiger partial charge >= 0.3 is 0 Å². The van der Waals surface area contributed by atoms with Crippen molar-refractivity contribution in [1.29, 1.82) is 0 Å². The molecule has 39 valence electrons. The minimum absolute atomic E-state index is 0.267. The van der Waals surface area contributed by atoms with Crippen molar-refractivity contribution in [2.24, 2.45) is 5.73 Å². The van der Waals surface area contributed by atoms with Crippen LogP contribution in [0.2, 0.25) is 0 Å². The molecule has 0 saturated carbocycles. The Hall–Kier alpha value is -0.353. The summed E-state index contributed by atoms with van der Waals surface area (Å²) in [7, 11) is 2.71. The second kappa shape index (κ2) is 3.82. The molecule has 3 nitrogen and oxygen atoms in total. The number of rotatable bonds is 3. The predicted octanol–water partition coefficient (Wildman–Crippen LogP) is -1.04. The van der Waals surface area contributed by atoms with Crippen LogP contribution in [0.3, 0.4) is 0 Å². The van der Waals surface area contributed by atoms with Gasteiger partial charge in [0.2, 0.25) is 16.4 Å². The Kier molecular flexibility index (Phi) is 3.63. The number of amides is 1. The Morgan fingerprint density at radius 1 is 1.86 bits per heavy atom. The lowest BCUT2D eigenvalue weighted by Gasteiger charge is -1.89. The van der Waals surface area contributed by atoms with Crippen LogP contribution in [0.4, 0.5) is 0 Å². The topological polar surface area (TPSA) is 52.3 Å². The summed E-state index contributed by atoms with van der Waals surface area (Å²) < 4.78 is 4.36. The van der Waals surface area contributed by atoms with Gasteiger partial charge in [-0.2, -0.15) is 0 Å². The van der Waals surface area contributed by atoms with Gasteiger partial charge in [0, 0.05) is 13.0 Å². The summed E-state index contributed by atoms with van der Waals surface area (Å²) in [5.41, 5.74) is 4.74. The molecule has 0 saturated heterocycles. The molecule has 0 bridgehead atoms. The quantitative estimate of drug-likeness (QED) is 0.479. The second-order valence-corrected chi connectivity index (χ2v) is 1.35. The highest BCUT2D eigenvalue weighted by molar-refractivity contribution is 5.98. The number of carbonyl (C=O) groups excluding carboxylic acids is 1. The highest BCUT2D eigenvalue weighted by Gasteiger charge is 1.88. The van der Waals surface area contributed by atoms with E-state index in [1.807, 2.05) is 0 Å². The van der Waals surface area contributed by atoms with Crippen LogP contribution in [0.1, 0.15) is 6.42 Å². The van der Waals surface area contributed by atoms with E-state index in [-0.39, 0.29) is 12.3 Å². The van der Waals surface area contributed by atoms with Crippen LogP contribution >= 0.6 is 0 Å². The Balaban J connectivity index is 2.82. The molecule has 0 aliphatic heterocycles. The molecule has 0 fully saturated rings. The van der Waals surface area contributed by atoms with E-state index in [9.17, 15) is 4.79 Å². The molecule has 0 spiro atoms. The van der Waals surface area contributed by atoms with Crippen molar-refractivity contribution in [3.63, 3.8) is 0 Å². The fourth-order valence-electron chi connectivity index (χ4n) is 0.152. The molecule has 0 aliphatic carbocycles. The largest absolute Gasteiger partial charge is 0.418 e. The number of nitrogens with two attached hydrogens (primary N) is 1. The van der Waals surface area contributed by atoms with Gasteiger partial charge in [0.25, 0.3) is 0 Å². The summed E-state index contributed by atoms with van der Waals surface area (Å²) in [6.07, 6.45) is 0.267. The summed E-state index contributed by atoms with van der Waals surface area (Å²) in [6.45, 7) is 0.340. The lowest BCUT2D eigenvalue weighted by molar-refractivity contribution is -0.118. The normalized spacial score (nSPS) is 8.71. The van der Waals surface area contributed by atoms with Crippen LogP contribution in [-0.2, 0) is 9.22 Å². The van der Waals surface area contributed by atoms with Crippen molar-refractivity contribution in [2.45, 2.75) is 6.42 Å². The Labute approximate surface area is 45.4 Å². The highest BCUT2D eigenvalue weighted by atomic mass is 28.2. The minimum atomic E-state index is -0.349. The molecule has 0 aromatic heterocycles. The molecule has 4 heteroatoms. The molecule has 3 radical (unpaired) electrons. The van der Waals surface area contributed by atoms with Crippen LogP contribution in [0.5, 0.6) is 0 Å². The van der Waals surface area contributed by atoms with E-state index in [0.717, 1.165) is 0 Å². The molecule has 0 unspecified atom stereocenters. The van der Waals surface area contributed by atoms with Crippen LogP contribution in [0.25, 0.3) is 0 Å². The van der Waals surface area contributed by atoms with E-state index >= 15 is 0 Å². The number of primary amides is 1. The first-order valence-corrected chi connectivity index (χ1v) is 2.25. The molecule has 0 heterocycles. The van der Waals surface area contributed by atoms with E-state index in [1.54, 1.807) is 0 Å². The molecular weight excluding hydrogens is 110 g/mol. The van der Waals surface area contributed by atoms with Crippen molar-refractivity contribution in [2.75, 3.05) is 6.61 Å². The molecule has 0 atom stereocenters. The summed E-state index contributed by atoms with van der Waals surface area (Å²) in [5.74, 6) is -0.349. The third kappa shape index (κ3) is 5.65. The smallest absolute Gasteiger partial charge is 0.246 e. The van der Waals surface area contributed by atoms with Gasteiger partial charge in [0.15, 0.2) is 0 Å². The Morgan fingerprint density at radius 2 is 2.43 bits per heavy atom. The van der Waals surface area contributed by atoms with Crippen molar-refractivity contribution >= 4 is 16.4 Å². The Bertz CT molecular complexity index is 66.0. The van der Waals surface area contributed by atoms with Crippen LogP contribution in [0, 0.1) is 0 Å². The third-order valence-electron chi connectivity index (χ3n) is 0.451. The summed E-state index contributed by atoms with van der Waals surface area (Å²) in [6, 6.07) is 0. The van der Waals surface area contributed by atoms with E-state index < -0.39 is 0 Å². The fraction of sp³-hybridized carbons (Fsp3) is 0.667. The number of hydrogen-bond acceptors (Lipinski definition) is 2. The zero-order valence-electron chi connectivity index (χ0n) is 3.81. The van der Waals surface area contributed by atoms with E-state index in [1.165, 1.54) is 0 Å². The summed E-state index contributed by atoms with van der Waals surface area (Å²) >= 11 is 0. The van der Waals surface area contributed by atoms with E-state index in [4.69, 9.17) is 5.73 Å². The fourth-order valence-corrected chi connectivity index (χ4v) is 0.254. The van der Waals surface area contributed by atoms with Crippen molar-refractivity contribution in [1.82, 2.24) is 0 Å². The molecule has 0 aromatic rings. The lowest BCUT2D eigenvalue weighted by Crippen LogP contribution is -2.12. The zero-order valence-corrected chi connectivity index (χ0v) is 4.81.